The Hall–Kier alpha value is -3.92. The average Bonchev–Trinajstić information content (AvgIpc) is 3.46. The Morgan fingerprint density at radius 2 is 2.00 bits per heavy atom. The zero-order valence-corrected chi connectivity index (χ0v) is 23.4. The molecule has 6 rings (SSSR count). The number of amides is 1. The van der Waals surface area contributed by atoms with Crippen molar-refractivity contribution in [1.82, 2.24) is 25.4 Å². The SMILES string of the molecule is CN(C)C(=O)C1NCCc2ccc(-c3nnc(-c4ccc(Cl)cc4OCc4ncccc4F)c4sccc34)cc21. The molecule has 4 heterocycles. The van der Waals surface area contributed by atoms with Crippen molar-refractivity contribution >= 4 is 38.9 Å². The summed E-state index contributed by atoms with van der Waals surface area (Å²) < 4.78 is 21.1. The number of likely N-dealkylation sites (N-methyl/N-ethyl adjacent to an activating group) is 1. The number of carbonyl (C=O) groups is 1. The van der Waals surface area contributed by atoms with Crippen molar-refractivity contribution in [3.8, 4) is 28.3 Å². The molecule has 0 fully saturated rings. The molecule has 7 nitrogen and oxygen atoms in total. The van der Waals surface area contributed by atoms with Gasteiger partial charge in [-0.05, 0) is 65.4 Å². The van der Waals surface area contributed by atoms with Crippen molar-refractivity contribution < 1.29 is 13.9 Å². The summed E-state index contributed by atoms with van der Waals surface area (Å²) >= 11 is 7.84. The maximum absolute atomic E-state index is 14.2. The number of nitrogens with zero attached hydrogens (tertiary/aromatic N) is 4. The lowest BCUT2D eigenvalue weighted by Crippen LogP contribution is -2.40. The first kappa shape index (κ1) is 26.3. The number of thiophene rings is 1. The van der Waals surface area contributed by atoms with Gasteiger partial charge in [-0.25, -0.2) is 4.39 Å². The molecule has 40 heavy (non-hydrogen) atoms. The maximum atomic E-state index is 14.2. The lowest BCUT2D eigenvalue weighted by molar-refractivity contribution is -0.131. The molecule has 3 aromatic heterocycles. The van der Waals surface area contributed by atoms with Crippen molar-refractivity contribution in [3.63, 3.8) is 0 Å². The Morgan fingerprint density at radius 3 is 2.83 bits per heavy atom. The minimum Gasteiger partial charge on any atom is -0.486 e. The molecular weight excluding hydrogens is 549 g/mol. The Kier molecular flexibility index (Phi) is 7.18. The first-order valence-electron chi connectivity index (χ1n) is 12.7. The summed E-state index contributed by atoms with van der Waals surface area (Å²) in [6.45, 7) is 0.688. The number of halogens is 2. The number of aromatic nitrogens is 3. The molecule has 1 aliphatic rings. The monoisotopic (exact) mass is 573 g/mol. The van der Waals surface area contributed by atoms with Crippen LogP contribution in [0.4, 0.5) is 4.39 Å². The van der Waals surface area contributed by atoms with Gasteiger partial charge in [-0.2, -0.15) is 0 Å². The summed E-state index contributed by atoms with van der Waals surface area (Å²) in [4.78, 5) is 18.6. The molecule has 0 spiro atoms. The predicted molar refractivity (Wildman–Crippen MR) is 155 cm³/mol. The minimum atomic E-state index is -0.439. The highest BCUT2D eigenvalue weighted by Gasteiger charge is 2.28. The summed E-state index contributed by atoms with van der Waals surface area (Å²) in [5, 5.41) is 16.1. The number of hydrogen-bond acceptors (Lipinski definition) is 7. The first-order chi connectivity index (χ1) is 19.4. The number of carbonyl (C=O) groups excluding carboxylic acids is 1. The fourth-order valence-corrected chi connectivity index (χ4v) is 5.98. The van der Waals surface area contributed by atoms with Crippen LogP contribution in [0.3, 0.4) is 0 Å². The number of rotatable bonds is 6. The molecule has 1 amide bonds. The molecule has 1 N–H and O–H groups in total. The topological polar surface area (TPSA) is 80.2 Å². The van der Waals surface area contributed by atoms with Gasteiger partial charge in [-0.15, -0.1) is 21.5 Å². The van der Waals surface area contributed by atoms with Gasteiger partial charge in [0.25, 0.3) is 0 Å². The molecule has 10 heteroatoms. The second-order valence-electron chi connectivity index (χ2n) is 9.71. The third-order valence-electron chi connectivity index (χ3n) is 6.94. The molecule has 2 aromatic carbocycles. The fourth-order valence-electron chi connectivity index (χ4n) is 4.93. The van der Waals surface area contributed by atoms with Crippen LogP contribution in [-0.4, -0.2) is 46.6 Å². The molecule has 0 saturated heterocycles. The largest absolute Gasteiger partial charge is 0.486 e. The summed E-state index contributed by atoms with van der Waals surface area (Å²) in [7, 11) is 3.53. The highest BCUT2D eigenvalue weighted by molar-refractivity contribution is 7.17. The van der Waals surface area contributed by atoms with Crippen LogP contribution in [0.5, 0.6) is 5.75 Å². The van der Waals surface area contributed by atoms with E-state index in [2.05, 4.69) is 26.6 Å². The third-order valence-corrected chi connectivity index (χ3v) is 8.10. The molecule has 5 aromatic rings. The maximum Gasteiger partial charge on any atom is 0.243 e. The number of ether oxygens (including phenoxy) is 1. The van der Waals surface area contributed by atoms with Gasteiger partial charge in [0.1, 0.15) is 41.3 Å². The Morgan fingerprint density at radius 1 is 1.15 bits per heavy atom. The van der Waals surface area contributed by atoms with E-state index >= 15 is 0 Å². The van der Waals surface area contributed by atoms with E-state index in [9.17, 15) is 9.18 Å². The first-order valence-corrected chi connectivity index (χ1v) is 14.0. The normalized spacial score (nSPS) is 14.7. The quantitative estimate of drug-likeness (QED) is 0.266. The summed E-state index contributed by atoms with van der Waals surface area (Å²) in [6.07, 6.45) is 2.38. The lowest BCUT2D eigenvalue weighted by Gasteiger charge is -2.28. The van der Waals surface area contributed by atoms with Gasteiger partial charge in [-0.3, -0.25) is 9.78 Å². The average molecular weight is 574 g/mol. The summed E-state index contributed by atoms with van der Waals surface area (Å²) in [5.74, 6) is 0.0332. The van der Waals surface area contributed by atoms with Crippen molar-refractivity contribution in [1.29, 1.82) is 0 Å². The smallest absolute Gasteiger partial charge is 0.243 e. The van der Waals surface area contributed by atoms with Crippen LogP contribution >= 0.6 is 22.9 Å². The van der Waals surface area contributed by atoms with E-state index < -0.39 is 11.9 Å². The minimum absolute atomic E-state index is 0.0149. The Bertz CT molecular complexity index is 1740. The second kappa shape index (κ2) is 10.9. The van der Waals surface area contributed by atoms with Gasteiger partial charge in [0.2, 0.25) is 5.91 Å². The van der Waals surface area contributed by atoms with Crippen LogP contribution in [-0.2, 0) is 17.8 Å². The molecule has 202 valence electrons. The fraction of sp³-hybridized carbons (Fsp3) is 0.200. The van der Waals surface area contributed by atoms with Crippen LogP contribution in [0.1, 0.15) is 22.9 Å². The van der Waals surface area contributed by atoms with Gasteiger partial charge < -0.3 is 15.0 Å². The van der Waals surface area contributed by atoms with E-state index in [1.165, 1.54) is 18.3 Å². The van der Waals surface area contributed by atoms with Crippen LogP contribution in [0, 0.1) is 5.82 Å². The Labute approximate surface area is 239 Å². The molecule has 0 saturated carbocycles. The van der Waals surface area contributed by atoms with Crippen molar-refractivity contribution in [3.05, 3.63) is 93.8 Å². The molecular formula is C30H25ClFN5O2S. The molecule has 1 unspecified atom stereocenters. The van der Waals surface area contributed by atoms with E-state index in [0.717, 1.165) is 45.4 Å². The van der Waals surface area contributed by atoms with Crippen LogP contribution in [0.25, 0.3) is 32.6 Å². The van der Waals surface area contributed by atoms with Gasteiger partial charge >= 0.3 is 0 Å². The van der Waals surface area contributed by atoms with Crippen molar-refractivity contribution in [2.75, 3.05) is 20.6 Å². The summed E-state index contributed by atoms with van der Waals surface area (Å²) in [6, 6.07) is 16.0. The second-order valence-corrected chi connectivity index (χ2v) is 11.1. The van der Waals surface area contributed by atoms with E-state index in [4.69, 9.17) is 16.3 Å². The third kappa shape index (κ3) is 4.92. The number of nitrogens with one attached hydrogen (secondary N) is 1. The van der Waals surface area contributed by atoms with Crippen LogP contribution in [0.2, 0.25) is 5.02 Å². The van der Waals surface area contributed by atoms with E-state index in [-0.39, 0.29) is 18.2 Å². The molecule has 1 aliphatic heterocycles. The standard InChI is InChI=1S/C30H25ClFN5O2S/c1-37(2)30(38)28-22-14-18(6-5-17(22)9-12-34-28)26-21-10-13-40-29(21)27(36-35-26)20-8-7-19(31)15-25(20)39-16-24-23(32)4-3-11-33-24/h3-8,10-11,13-15,28,34H,9,12,16H2,1-2H3. The highest BCUT2D eigenvalue weighted by atomic mass is 35.5. The summed E-state index contributed by atoms with van der Waals surface area (Å²) in [5.41, 5.74) is 5.27. The predicted octanol–water partition coefficient (Wildman–Crippen LogP) is 6.07. The number of benzene rings is 2. The van der Waals surface area contributed by atoms with Gasteiger partial charge in [-0.1, -0.05) is 23.7 Å². The lowest BCUT2D eigenvalue weighted by atomic mass is 9.90. The van der Waals surface area contributed by atoms with Crippen LogP contribution in [0.15, 0.2) is 66.2 Å². The number of fused-ring (bicyclic) bond motifs is 2. The zero-order chi connectivity index (χ0) is 27.8. The molecule has 0 aliphatic carbocycles. The van der Waals surface area contributed by atoms with Crippen molar-refractivity contribution in [2.45, 2.75) is 19.1 Å². The van der Waals surface area contributed by atoms with E-state index in [1.807, 2.05) is 29.6 Å². The number of pyridine rings is 1. The van der Waals surface area contributed by atoms with Gasteiger partial charge in [0, 0.05) is 48.4 Å². The zero-order valence-electron chi connectivity index (χ0n) is 21.8. The number of hydrogen-bond donors (Lipinski definition) is 1. The van der Waals surface area contributed by atoms with Crippen LogP contribution < -0.4 is 10.1 Å². The molecule has 0 radical (unpaired) electrons. The van der Waals surface area contributed by atoms with E-state index in [0.29, 0.717) is 22.0 Å². The molecule has 1 atom stereocenters. The Balaban J connectivity index is 1.40. The van der Waals surface area contributed by atoms with Crippen molar-refractivity contribution in [2.24, 2.45) is 0 Å². The van der Waals surface area contributed by atoms with Gasteiger partial charge in [0.05, 0.1) is 4.70 Å². The molecule has 0 bridgehead atoms. The highest BCUT2D eigenvalue weighted by Crippen LogP contribution is 2.41. The van der Waals surface area contributed by atoms with E-state index in [1.54, 1.807) is 42.5 Å². The van der Waals surface area contributed by atoms with Gasteiger partial charge in [0.15, 0.2) is 0 Å².